The normalized spacial score (nSPS) is 18.2. The molecular weight excluding hydrogens is 454 g/mol. The van der Waals surface area contributed by atoms with Crippen molar-refractivity contribution in [3.63, 3.8) is 0 Å². The number of aromatic nitrogens is 2. The number of carbonyl (C=O) groups excluding carboxylic acids is 2. The summed E-state index contributed by atoms with van der Waals surface area (Å²) in [6.07, 6.45) is 11.7. The summed E-state index contributed by atoms with van der Waals surface area (Å²) < 4.78 is 12.7. The number of rotatable bonds is 3. The highest BCUT2D eigenvalue weighted by atomic mass is 16.5. The van der Waals surface area contributed by atoms with Crippen molar-refractivity contribution < 1.29 is 19.1 Å². The van der Waals surface area contributed by atoms with Crippen molar-refractivity contribution in [3.8, 4) is 11.3 Å². The van der Waals surface area contributed by atoms with Gasteiger partial charge in [0, 0.05) is 47.5 Å². The second-order valence-electron chi connectivity index (χ2n) is 9.94. The molecule has 0 bridgehead atoms. The molecule has 1 aromatic carbocycles. The van der Waals surface area contributed by atoms with Crippen LogP contribution in [0, 0.1) is 0 Å². The summed E-state index contributed by atoms with van der Waals surface area (Å²) in [7, 11) is 1.41. The highest BCUT2D eigenvalue weighted by Crippen LogP contribution is 2.46. The molecule has 3 aromatic rings. The van der Waals surface area contributed by atoms with Gasteiger partial charge in [-0.15, -0.1) is 0 Å². The molecule has 2 fully saturated rings. The Balaban J connectivity index is 1.58. The lowest BCUT2D eigenvalue weighted by Gasteiger charge is -2.28. The van der Waals surface area contributed by atoms with Gasteiger partial charge in [-0.05, 0) is 54.2 Å². The van der Waals surface area contributed by atoms with Gasteiger partial charge in [-0.1, -0.05) is 25.3 Å². The van der Waals surface area contributed by atoms with Crippen LogP contribution in [0.15, 0.2) is 42.2 Å². The Labute approximate surface area is 210 Å². The number of nitrogens with zero attached hydrogens (tertiary/aromatic N) is 3. The molecule has 36 heavy (non-hydrogen) atoms. The first kappa shape index (κ1) is 23.0. The molecule has 4 heterocycles. The molecule has 0 atom stereocenters. The number of benzene rings is 1. The van der Waals surface area contributed by atoms with E-state index in [4.69, 9.17) is 9.47 Å². The quantitative estimate of drug-likeness (QED) is 0.499. The third-order valence-electron chi connectivity index (χ3n) is 7.88. The van der Waals surface area contributed by atoms with Gasteiger partial charge in [-0.2, -0.15) is 0 Å². The smallest absolute Gasteiger partial charge is 0.337 e. The number of pyridine rings is 1. The summed E-state index contributed by atoms with van der Waals surface area (Å²) in [4.78, 5) is 32.5. The lowest BCUT2D eigenvalue weighted by atomic mass is 9.81. The van der Waals surface area contributed by atoms with Gasteiger partial charge >= 0.3 is 5.97 Å². The molecule has 7 heteroatoms. The van der Waals surface area contributed by atoms with Crippen LogP contribution in [0.5, 0.6) is 0 Å². The average molecular weight is 486 g/mol. The molecule has 3 aliphatic rings. The van der Waals surface area contributed by atoms with E-state index in [1.807, 2.05) is 35.4 Å². The molecule has 0 N–H and O–H groups in total. The molecule has 2 aliphatic heterocycles. The summed E-state index contributed by atoms with van der Waals surface area (Å²) in [6.45, 7) is 2.75. The van der Waals surface area contributed by atoms with Crippen molar-refractivity contribution in [2.24, 2.45) is 0 Å². The number of morpholine rings is 1. The maximum Gasteiger partial charge on any atom is 0.337 e. The monoisotopic (exact) mass is 485 g/mol. The topological polar surface area (TPSA) is 73.7 Å². The van der Waals surface area contributed by atoms with E-state index in [1.165, 1.54) is 31.9 Å². The standard InChI is InChI=1S/C29H31N3O4/c1-35-29(34)21-7-8-23-25(16-21)32-18-22(28(33)31-11-13-36-14-12-31)15-20-9-10-30-17-24(20)27(32)26(23)19-5-3-2-4-6-19/h7-10,15-17,19H,2-6,11-14,18H2,1H3. The Morgan fingerprint density at radius 3 is 2.67 bits per heavy atom. The zero-order valence-corrected chi connectivity index (χ0v) is 20.7. The highest BCUT2D eigenvalue weighted by Gasteiger charge is 2.31. The van der Waals surface area contributed by atoms with Gasteiger partial charge in [0.2, 0.25) is 0 Å². The zero-order valence-electron chi connectivity index (χ0n) is 20.7. The average Bonchev–Trinajstić information content (AvgIpc) is 3.15. The van der Waals surface area contributed by atoms with Crippen molar-refractivity contribution in [1.82, 2.24) is 14.5 Å². The van der Waals surface area contributed by atoms with Gasteiger partial charge < -0.3 is 18.9 Å². The summed E-state index contributed by atoms with van der Waals surface area (Å²) in [6, 6.07) is 7.85. The number of esters is 1. The molecule has 1 saturated carbocycles. The Morgan fingerprint density at radius 1 is 1.08 bits per heavy atom. The Morgan fingerprint density at radius 2 is 1.89 bits per heavy atom. The zero-order chi connectivity index (χ0) is 24.6. The molecule has 2 aromatic heterocycles. The van der Waals surface area contributed by atoms with Crippen molar-refractivity contribution in [3.05, 3.63) is 58.9 Å². The molecule has 0 spiro atoms. The second kappa shape index (κ2) is 9.54. The summed E-state index contributed by atoms with van der Waals surface area (Å²) in [5.41, 5.74) is 6.71. The first-order valence-electron chi connectivity index (χ1n) is 12.9. The van der Waals surface area contributed by atoms with Crippen LogP contribution in [-0.4, -0.2) is 59.7 Å². The maximum atomic E-state index is 13.7. The summed E-state index contributed by atoms with van der Waals surface area (Å²) in [5.74, 6) is 0.118. The fraction of sp³-hybridized carbons (Fsp3) is 0.414. The van der Waals surface area contributed by atoms with E-state index in [0.717, 1.165) is 46.1 Å². The molecule has 0 unspecified atom stereocenters. The summed E-state index contributed by atoms with van der Waals surface area (Å²) in [5, 5.41) is 1.15. The first-order chi connectivity index (χ1) is 17.7. The largest absolute Gasteiger partial charge is 0.465 e. The van der Waals surface area contributed by atoms with Gasteiger partial charge in [0.15, 0.2) is 0 Å². The number of fused-ring (bicyclic) bond motifs is 5. The Hall–Kier alpha value is -3.45. The molecule has 1 saturated heterocycles. The number of ether oxygens (including phenoxy) is 2. The van der Waals surface area contributed by atoms with E-state index in [1.54, 1.807) is 6.20 Å². The van der Waals surface area contributed by atoms with Crippen molar-refractivity contribution in [2.75, 3.05) is 33.4 Å². The minimum absolute atomic E-state index is 0.0408. The molecule has 186 valence electrons. The predicted molar refractivity (Wildman–Crippen MR) is 138 cm³/mol. The number of methoxy groups -OCH3 is 1. The van der Waals surface area contributed by atoms with Gasteiger partial charge in [0.05, 0.1) is 38.1 Å². The Bertz CT molecular complexity index is 1360. The minimum Gasteiger partial charge on any atom is -0.465 e. The van der Waals surface area contributed by atoms with Crippen LogP contribution in [-0.2, 0) is 20.8 Å². The van der Waals surface area contributed by atoms with E-state index >= 15 is 0 Å². The first-order valence-corrected chi connectivity index (χ1v) is 12.9. The van der Waals surface area contributed by atoms with E-state index in [9.17, 15) is 9.59 Å². The number of carbonyl (C=O) groups is 2. The Kier molecular flexibility index (Phi) is 6.09. The van der Waals surface area contributed by atoms with Crippen LogP contribution in [0.25, 0.3) is 28.2 Å². The van der Waals surface area contributed by atoms with Crippen molar-refractivity contribution >= 4 is 28.9 Å². The number of hydrogen-bond acceptors (Lipinski definition) is 5. The van der Waals surface area contributed by atoms with E-state index < -0.39 is 0 Å². The van der Waals surface area contributed by atoms with Crippen molar-refractivity contribution in [2.45, 2.75) is 44.6 Å². The molecule has 1 aliphatic carbocycles. The molecular formula is C29H31N3O4. The second-order valence-corrected chi connectivity index (χ2v) is 9.94. The molecule has 1 amide bonds. The maximum absolute atomic E-state index is 13.7. The lowest BCUT2D eigenvalue weighted by molar-refractivity contribution is -0.131. The van der Waals surface area contributed by atoms with Gasteiger partial charge in [-0.25, -0.2) is 4.79 Å². The fourth-order valence-corrected chi connectivity index (χ4v) is 6.11. The molecule has 0 radical (unpaired) electrons. The van der Waals surface area contributed by atoms with Gasteiger partial charge in [0.25, 0.3) is 5.91 Å². The van der Waals surface area contributed by atoms with Gasteiger partial charge in [0.1, 0.15) is 0 Å². The minimum atomic E-state index is -0.359. The van der Waals surface area contributed by atoms with Gasteiger partial charge in [-0.3, -0.25) is 9.78 Å². The molecule has 7 nitrogen and oxygen atoms in total. The van der Waals surface area contributed by atoms with Crippen LogP contribution >= 0.6 is 0 Å². The van der Waals surface area contributed by atoms with Crippen LogP contribution in [0.1, 0.15) is 59.5 Å². The third kappa shape index (κ3) is 3.91. The van der Waals surface area contributed by atoms with Crippen LogP contribution < -0.4 is 0 Å². The predicted octanol–water partition coefficient (Wildman–Crippen LogP) is 4.79. The SMILES string of the molecule is COC(=O)c1ccc2c(C3CCCCC3)c3n(c2c1)CC(C(=O)N1CCOCC1)=Cc1ccncc1-3. The summed E-state index contributed by atoms with van der Waals surface area (Å²) >= 11 is 0. The fourth-order valence-electron chi connectivity index (χ4n) is 6.11. The third-order valence-corrected chi connectivity index (χ3v) is 7.88. The van der Waals surface area contributed by atoms with Crippen molar-refractivity contribution in [1.29, 1.82) is 0 Å². The lowest BCUT2D eigenvalue weighted by Crippen LogP contribution is -2.41. The van der Waals surface area contributed by atoms with E-state index in [-0.39, 0.29) is 11.9 Å². The van der Waals surface area contributed by atoms with E-state index in [0.29, 0.717) is 44.3 Å². The van der Waals surface area contributed by atoms with Crippen LogP contribution in [0.4, 0.5) is 0 Å². The van der Waals surface area contributed by atoms with Crippen LogP contribution in [0.2, 0.25) is 0 Å². The van der Waals surface area contributed by atoms with E-state index in [2.05, 4.69) is 15.6 Å². The number of hydrogen-bond donors (Lipinski definition) is 0. The number of amides is 1. The molecule has 6 rings (SSSR count). The van der Waals surface area contributed by atoms with Crippen LogP contribution in [0.3, 0.4) is 0 Å². The highest BCUT2D eigenvalue weighted by molar-refractivity contribution is 6.03.